The molecule has 0 radical (unpaired) electrons. The maximum absolute atomic E-state index is 9.13. The standard InChI is InChI=1S/C33H31ClN2O3/c34-26-7-3-23(4-8-26)31-32-27-9-1-21(19-35-13-15-37)17-24(27)5-11-29(32)39-30-12-6-25-18-22(20-36-14-16-38)2-10-28(25)33(30)31/h1-12,17-18,31,35-38H,13-16,19-20H2. The molecule has 0 atom stereocenters. The van der Waals surface area contributed by atoms with Gasteiger partial charge in [-0.2, -0.15) is 0 Å². The summed E-state index contributed by atoms with van der Waals surface area (Å²) in [6.07, 6.45) is 0. The molecule has 5 aromatic rings. The molecule has 0 saturated carbocycles. The zero-order valence-electron chi connectivity index (χ0n) is 21.6. The van der Waals surface area contributed by atoms with Crippen molar-refractivity contribution in [2.24, 2.45) is 0 Å². The lowest BCUT2D eigenvalue weighted by Gasteiger charge is -2.31. The topological polar surface area (TPSA) is 73.8 Å². The monoisotopic (exact) mass is 538 g/mol. The highest BCUT2D eigenvalue weighted by molar-refractivity contribution is 6.30. The third kappa shape index (κ3) is 5.12. The Hall–Kier alpha value is -3.45. The van der Waals surface area contributed by atoms with Crippen molar-refractivity contribution in [2.45, 2.75) is 19.0 Å². The normalized spacial score (nSPS) is 12.9. The number of aliphatic hydroxyl groups is 2. The molecule has 0 spiro atoms. The van der Waals surface area contributed by atoms with Gasteiger partial charge in [-0.05, 0) is 74.6 Å². The first kappa shape index (κ1) is 25.8. The molecule has 1 heterocycles. The highest BCUT2D eigenvalue weighted by atomic mass is 35.5. The number of nitrogens with one attached hydrogen (secondary N) is 2. The van der Waals surface area contributed by atoms with Crippen LogP contribution in [0.1, 0.15) is 33.7 Å². The lowest BCUT2D eigenvalue weighted by Crippen LogP contribution is -2.17. The minimum Gasteiger partial charge on any atom is -0.457 e. The van der Waals surface area contributed by atoms with E-state index < -0.39 is 0 Å². The van der Waals surface area contributed by atoms with Crippen LogP contribution in [0.2, 0.25) is 5.02 Å². The summed E-state index contributed by atoms with van der Waals surface area (Å²) in [6.45, 7) is 2.78. The van der Waals surface area contributed by atoms with Gasteiger partial charge in [0.1, 0.15) is 11.5 Å². The van der Waals surface area contributed by atoms with E-state index in [1.54, 1.807) is 0 Å². The first-order valence-electron chi connectivity index (χ1n) is 13.3. The lowest BCUT2D eigenvalue weighted by molar-refractivity contribution is 0.291. The minimum absolute atomic E-state index is 0.0369. The molecule has 198 valence electrons. The van der Waals surface area contributed by atoms with Crippen LogP contribution in [-0.4, -0.2) is 36.5 Å². The summed E-state index contributed by atoms with van der Waals surface area (Å²) in [5.74, 6) is 1.70. The Morgan fingerprint density at radius 2 is 1.15 bits per heavy atom. The third-order valence-corrected chi connectivity index (χ3v) is 7.66. The zero-order chi connectivity index (χ0) is 26.8. The summed E-state index contributed by atoms with van der Waals surface area (Å²) < 4.78 is 6.58. The summed E-state index contributed by atoms with van der Waals surface area (Å²) in [4.78, 5) is 0. The highest BCUT2D eigenvalue weighted by Crippen LogP contribution is 2.52. The molecule has 1 aliphatic heterocycles. The number of aliphatic hydroxyl groups excluding tert-OH is 2. The third-order valence-electron chi connectivity index (χ3n) is 7.41. The summed E-state index contributed by atoms with van der Waals surface area (Å²) >= 11 is 6.31. The van der Waals surface area contributed by atoms with Gasteiger partial charge in [0.05, 0.1) is 13.2 Å². The molecular weight excluding hydrogens is 508 g/mol. The predicted molar refractivity (Wildman–Crippen MR) is 158 cm³/mol. The van der Waals surface area contributed by atoms with Gasteiger partial charge in [0.2, 0.25) is 0 Å². The summed E-state index contributed by atoms with van der Waals surface area (Å²) in [7, 11) is 0. The van der Waals surface area contributed by atoms with Crippen molar-refractivity contribution in [2.75, 3.05) is 26.3 Å². The van der Waals surface area contributed by atoms with Crippen LogP contribution in [0.4, 0.5) is 0 Å². The fourth-order valence-electron chi connectivity index (χ4n) is 5.64. The molecule has 0 saturated heterocycles. The second kappa shape index (κ2) is 11.3. The second-order valence-corrected chi connectivity index (χ2v) is 10.4. The molecule has 4 N–H and O–H groups in total. The molecule has 0 aromatic heterocycles. The number of benzene rings is 5. The maximum Gasteiger partial charge on any atom is 0.132 e. The summed E-state index contributed by atoms with van der Waals surface area (Å²) in [5, 5.41) is 30.1. The number of rotatable bonds is 9. The molecule has 39 heavy (non-hydrogen) atoms. The Morgan fingerprint density at radius 1 is 0.641 bits per heavy atom. The Morgan fingerprint density at radius 3 is 1.64 bits per heavy atom. The smallest absolute Gasteiger partial charge is 0.132 e. The molecule has 0 aliphatic carbocycles. The van der Waals surface area contributed by atoms with E-state index in [9.17, 15) is 0 Å². The Kier molecular flexibility index (Phi) is 7.51. The van der Waals surface area contributed by atoms with Crippen molar-refractivity contribution in [1.82, 2.24) is 10.6 Å². The van der Waals surface area contributed by atoms with E-state index in [1.165, 1.54) is 11.1 Å². The van der Waals surface area contributed by atoms with Gasteiger partial charge in [-0.3, -0.25) is 0 Å². The van der Waals surface area contributed by atoms with E-state index in [-0.39, 0.29) is 19.1 Å². The number of halogens is 1. The summed E-state index contributed by atoms with van der Waals surface area (Å²) in [5.41, 5.74) is 5.80. The molecule has 0 unspecified atom stereocenters. The molecule has 5 nitrogen and oxygen atoms in total. The SMILES string of the molecule is OCCNCc1ccc2c3c(ccc2c1)Oc1ccc2cc(CNCCO)ccc2c1C3c1ccc(Cl)cc1. The van der Waals surface area contributed by atoms with E-state index in [2.05, 4.69) is 83.4 Å². The van der Waals surface area contributed by atoms with Crippen molar-refractivity contribution in [1.29, 1.82) is 0 Å². The number of ether oxygens (including phenoxy) is 1. The van der Waals surface area contributed by atoms with Crippen LogP contribution >= 0.6 is 11.6 Å². The zero-order valence-corrected chi connectivity index (χ0v) is 22.3. The predicted octanol–water partition coefficient (Wildman–Crippen LogP) is 6.10. The van der Waals surface area contributed by atoms with E-state index >= 15 is 0 Å². The van der Waals surface area contributed by atoms with Gasteiger partial charge < -0.3 is 25.6 Å². The van der Waals surface area contributed by atoms with Crippen LogP contribution in [0.5, 0.6) is 11.5 Å². The van der Waals surface area contributed by atoms with Crippen LogP contribution in [-0.2, 0) is 13.1 Å². The van der Waals surface area contributed by atoms with Crippen LogP contribution in [0.25, 0.3) is 21.5 Å². The second-order valence-electron chi connectivity index (χ2n) is 9.95. The molecular formula is C33H31ClN2O3. The molecule has 6 rings (SSSR count). The Balaban J connectivity index is 1.51. The molecule has 0 fully saturated rings. The Bertz CT molecular complexity index is 1540. The molecule has 0 amide bonds. The van der Waals surface area contributed by atoms with Crippen LogP contribution in [0.3, 0.4) is 0 Å². The average Bonchev–Trinajstić information content (AvgIpc) is 2.96. The van der Waals surface area contributed by atoms with Crippen LogP contribution < -0.4 is 15.4 Å². The largest absolute Gasteiger partial charge is 0.457 e. The fourth-order valence-corrected chi connectivity index (χ4v) is 5.76. The van der Waals surface area contributed by atoms with Crippen molar-refractivity contribution in [3.63, 3.8) is 0 Å². The van der Waals surface area contributed by atoms with Crippen molar-refractivity contribution >= 4 is 33.1 Å². The van der Waals surface area contributed by atoms with Gasteiger partial charge in [0, 0.05) is 48.2 Å². The highest BCUT2D eigenvalue weighted by Gasteiger charge is 2.32. The van der Waals surface area contributed by atoms with Gasteiger partial charge >= 0.3 is 0 Å². The number of hydrogen-bond donors (Lipinski definition) is 4. The molecule has 0 bridgehead atoms. The summed E-state index contributed by atoms with van der Waals surface area (Å²) in [6, 6.07) is 29.7. The molecule has 5 aromatic carbocycles. The van der Waals surface area contributed by atoms with Gasteiger partial charge in [-0.15, -0.1) is 0 Å². The number of hydrogen-bond acceptors (Lipinski definition) is 5. The Labute approximate surface area is 233 Å². The van der Waals surface area contributed by atoms with Gasteiger partial charge in [-0.25, -0.2) is 0 Å². The first-order chi connectivity index (χ1) is 19.2. The quantitative estimate of drug-likeness (QED) is 0.167. The average molecular weight is 539 g/mol. The van der Waals surface area contributed by atoms with Gasteiger partial charge in [0.25, 0.3) is 0 Å². The lowest BCUT2D eigenvalue weighted by atomic mass is 9.78. The van der Waals surface area contributed by atoms with E-state index in [0.29, 0.717) is 31.2 Å². The van der Waals surface area contributed by atoms with Crippen LogP contribution in [0.15, 0.2) is 84.9 Å². The van der Waals surface area contributed by atoms with Crippen molar-refractivity contribution in [3.05, 3.63) is 118 Å². The minimum atomic E-state index is -0.0369. The van der Waals surface area contributed by atoms with Crippen molar-refractivity contribution < 1.29 is 14.9 Å². The first-order valence-corrected chi connectivity index (χ1v) is 13.7. The van der Waals surface area contributed by atoms with Gasteiger partial charge in [-0.1, -0.05) is 60.1 Å². The van der Waals surface area contributed by atoms with E-state index in [4.69, 9.17) is 26.6 Å². The maximum atomic E-state index is 9.13. The van der Waals surface area contributed by atoms with Gasteiger partial charge in [0.15, 0.2) is 0 Å². The molecule has 1 aliphatic rings. The van der Waals surface area contributed by atoms with Crippen LogP contribution in [0, 0.1) is 0 Å². The van der Waals surface area contributed by atoms with Crippen molar-refractivity contribution in [3.8, 4) is 11.5 Å². The number of fused-ring (bicyclic) bond motifs is 6. The van der Waals surface area contributed by atoms with E-state index in [0.717, 1.165) is 49.7 Å². The molecule has 6 heteroatoms. The fraction of sp³-hybridized carbons (Fsp3) is 0.212. The van der Waals surface area contributed by atoms with E-state index in [1.807, 2.05) is 12.1 Å².